The zero-order valence-electron chi connectivity index (χ0n) is 11.6. The molecule has 0 spiro atoms. The molecule has 1 aliphatic rings. The molecule has 1 aromatic rings. The molecular weight excluding hydrogens is 266 g/mol. The summed E-state index contributed by atoms with van der Waals surface area (Å²) in [5.74, 6) is 1.26. The molecule has 2 rings (SSSR count). The lowest BCUT2D eigenvalue weighted by Gasteiger charge is -2.25. The van der Waals surface area contributed by atoms with Gasteiger partial charge in [0.15, 0.2) is 0 Å². The SMILES string of the molecule is COCC(C)N(C)c1nc(Cl)nc(N2CCCC2)n1. The summed E-state index contributed by atoms with van der Waals surface area (Å²) in [6.45, 7) is 4.63. The third-order valence-corrected chi connectivity index (χ3v) is 3.53. The van der Waals surface area contributed by atoms with Crippen molar-refractivity contribution in [3.05, 3.63) is 5.28 Å². The van der Waals surface area contributed by atoms with Crippen molar-refractivity contribution >= 4 is 23.5 Å². The topological polar surface area (TPSA) is 54.4 Å². The fourth-order valence-corrected chi connectivity index (χ4v) is 2.25. The Morgan fingerprint density at radius 2 is 2.00 bits per heavy atom. The average molecular weight is 286 g/mol. The largest absolute Gasteiger partial charge is 0.383 e. The number of likely N-dealkylation sites (N-methyl/N-ethyl adjacent to an activating group) is 1. The molecule has 2 heterocycles. The fourth-order valence-electron chi connectivity index (χ4n) is 2.10. The maximum Gasteiger partial charge on any atom is 0.231 e. The third-order valence-electron chi connectivity index (χ3n) is 3.36. The van der Waals surface area contributed by atoms with Gasteiger partial charge in [-0.3, -0.25) is 0 Å². The number of methoxy groups -OCH3 is 1. The van der Waals surface area contributed by atoms with Crippen LogP contribution < -0.4 is 9.80 Å². The van der Waals surface area contributed by atoms with E-state index in [1.54, 1.807) is 7.11 Å². The summed E-state index contributed by atoms with van der Waals surface area (Å²) in [7, 11) is 3.61. The molecule has 0 radical (unpaired) electrons. The highest BCUT2D eigenvalue weighted by Gasteiger charge is 2.19. The number of ether oxygens (including phenoxy) is 1. The summed E-state index contributed by atoms with van der Waals surface area (Å²) in [6, 6.07) is 0.176. The minimum absolute atomic E-state index is 0.176. The average Bonchev–Trinajstić information content (AvgIpc) is 2.91. The second-order valence-electron chi connectivity index (χ2n) is 4.81. The van der Waals surface area contributed by atoms with Crippen molar-refractivity contribution in [1.82, 2.24) is 15.0 Å². The molecule has 1 fully saturated rings. The summed E-state index contributed by atoms with van der Waals surface area (Å²) in [6.07, 6.45) is 2.35. The van der Waals surface area contributed by atoms with Gasteiger partial charge in [0, 0.05) is 27.2 Å². The van der Waals surface area contributed by atoms with Crippen LogP contribution in [0, 0.1) is 0 Å². The summed E-state index contributed by atoms with van der Waals surface area (Å²) < 4.78 is 5.15. The van der Waals surface area contributed by atoms with Crippen LogP contribution in [0.3, 0.4) is 0 Å². The maximum absolute atomic E-state index is 6.01. The smallest absolute Gasteiger partial charge is 0.231 e. The molecule has 6 nitrogen and oxygen atoms in total. The number of hydrogen-bond donors (Lipinski definition) is 0. The quantitative estimate of drug-likeness (QED) is 0.819. The first-order valence-electron chi connectivity index (χ1n) is 6.50. The van der Waals surface area contributed by atoms with E-state index >= 15 is 0 Å². The summed E-state index contributed by atoms with van der Waals surface area (Å²) in [5.41, 5.74) is 0. The molecule has 0 aliphatic carbocycles. The Kier molecular flexibility index (Phi) is 4.76. The van der Waals surface area contributed by atoms with Gasteiger partial charge in [-0.05, 0) is 31.4 Å². The molecular formula is C12H20ClN5O. The van der Waals surface area contributed by atoms with Crippen molar-refractivity contribution < 1.29 is 4.74 Å². The molecule has 0 N–H and O–H groups in total. The zero-order valence-corrected chi connectivity index (χ0v) is 12.4. The molecule has 19 heavy (non-hydrogen) atoms. The van der Waals surface area contributed by atoms with Crippen molar-refractivity contribution in [2.75, 3.05) is 43.7 Å². The van der Waals surface area contributed by atoms with Crippen molar-refractivity contribution in [3.63, 3.8) is 0 Å². The predicted octanol–water partition coefficient (Wildman–Crippen LogP) is 1.60. The van der Waals surface area contributed by atoms with E-state index in [1.165, 1.54) is 12.8 Å². The molecule has 1 aromatic heterocycles. The van der Waals surface area contributed by atoms with Crippen LogP contribution in [0.5, 0.6) is 0 Å². The van der Waals surface area contributed by atoms with E-state index in [-0.39, 0.29) is 11.3 Å². The number of hydrogen-bond acceptors (Lipinski definition) is 6. The van der Waals surface area contributed by atoms with Crippen LogP contribution in [-0.4, -0.2) is 54.8 Å². The molecule has 106 valence electrons. The summed E-state index contributed by atoms with van der Waals surface area (Å²) in [5, 5.41) is 0.239. The van der Waals surface area contributed by atoms with Crippen LogP contribution in [0.15, 0.2) is 0 Å². The van der Waals surface area contributed by atoms with E-state index in [2.05, 4.69) is 26.8 Å². The van der Waals surface area contributed by atoms with Gasteiger partial charge in [0.2, 0.25) is 17.2 Å². The molecule has 0 amide bonds. The van der Waals surface area contributed by atoms with E-state index < -0.39 is 0 Å². The van der Waals surface area contributed by atoms with E-state index in [0.717, 1.165) is 13.1 Å². The van der Waals surface area contributed by atoms with Gasteiger partial charge >= 0.3 is 0 Å². The molecule has 7 heteroatoms. The molecule has 0 saturated carbocycles. The molecule has 1 atom stereocenters. The highest BCUT2D eigenvalue weighted by Crippen LogP contribution is 2.20. The zero-order chi connectivity index (χ0) is 13.8. The van der Waals surface area contributed by atoms with Gasteiger partial charge in [-0.25, -0.2) is 0 Å². The van der Waals surface area contributed by atoms with Gasteiger partial charge in [-0.2, -0.15) is 15.0 Å². The first-order valence-corrected chi connectivity index (χ1v) is 6.88. The van der Waals surface area contributed by atoms with Gasteiger partial charge in [0.25, 0.3) is 0 Å². The lowest BCUT2D eigenvalue weighted by Crippen LogP contribution is -2.34. The first-order chi connectivity index (χ1) is 9.11. The maximum atomic E-state index is 6.01. The highest BCUT2D eigenvalue weighted by molar-refractivity contribution is 6.28. The number of rotatable bonds is 5. The second-order valence-corrected chi connectivity index (χ2v) is 5.15. The van der Waals surface area contributed by atoms with E-state index in [1.807, 2.05) is 11.9 Å². The van der Waals surface area contributed by atoms with Crippen molar-refractivity contribution in [1.29, 1.82) is 0 Å². The summed E-state index contributed by atoms with van der Waals surface area (Å²) in [4.78, 5) is 17.0. The normalized spacial score (nSPS) is 16.7. The monoisotopic (exact) mass is 285 g/mol. The standard InChI is InChI=1S/C12H20ClN5O/c1-9(8-19-3)17(2)11-14-10(13)15-12(16-11)18-6-4-5-7-18/h9H,4-8H2,1-3H3. The van der Waals surface area contributed by atoms with Crippen molar-refractivity contribution in [3.8, 4) is 0 Å². The number of halogens is 1. The van der Waals surface area contributed by atoms with Crippen LogP contribution in [0.2, 0.25) is 5.28 Å². The fraction of sp³-hybridized carbons (Fsp3) is 0.750. The van der Waals surface area contributed by atoms with Gasteiger partial charge in [-0.15, -0.1) is 0 Å². The Hall–Kier alpha value is -1.14. The lowest BCUT2D eigenvalue weighted by molar-refractivity contribution is 0.183. The first kappa shape index (κ1) is 14.3. The van der Waals surface area contributed by atoms with Crippen LogP contribution in [0.1, 0.15) is 19.8 Å². The number of aromatic nitrogens is 3. The van der Waals surface area contributed by atoms with Crippen LogP contribution in [0.25, 0.3) is 0 Å². The Morgan fingerprint density at radius 3 is 2.63 bits per heavy atom. The van der Waals surface area contributed by atoms with Crippen molar-refractivity contribution in [2.24, 2.45) is 0 Å². The third kappa shape index (κ3) is 3.45. The minimum atomic E-state index is 0.176. The number of anilines is 2. The molecule has 1 aliphatic heterocycles. The molecule has 0 aromatic carbocycles. The van der Waals surface area contributed by atoms with Gasteiger partial charge < -0.3 is 14.5 Å². The molecule has 1 saturated heterocycles. The van der Waals surface area contributed by atoms with Crippen molar-refractivity contribution in [2.45, 2.75) is 25.8 Å². The Balaban J connectivity index is 2.20. The molecule has 0 bridgehead atoms. The predicted molar refractivity (Wildman–Crippen MR) is 76.0 cm³/mol. The van der Waals surface area contributed by atoms with Gasteiger partial charge in [0.05, 0.1) is 12.6 Å². The minimum Gasteiger partial charge on any atom is -0.383 e. The van der Waals surface area contributed by atoms with Crippen LogP contribution >= 0.6 is 11.6 Å². The van der Waals surface area contributed by atoms with E-state index in [4.69, 9.17) is 16.3 Å². The van der Waals surface area contributed by atoms with E-state index in [9.17, 15) is 0 Å². The highest BCUT2D eigenvalue weighted by atomic mass is 35.5. The molecule has 1 unspecified atom stereocenters. The van der Waals surface area contributed by atoms with Crippen LogP contribution in [0.4, 0.5) is 11.9 Å². The Morgan fingerprint density at radius 1 is 1.32 bits per heavy atom. The van der Waals surface area contributed by atoms with Gasteiger partial charge in [-0.1, -0.05) is 0 Å². The Labute approximate surface area is 118 Å². The van der Waals surface area contributed by atoms with E-state index in [0.29, 0.717) is 18.5 Å². The Bertz CT molecular complexity index is 425. The second kappa shape index (κ2) is 6.34. The van der Waals surface area contributed by atoms with Gasteiger partial charge in [0.1, 0.15) is 0 Å². The lowest BCUT2D eigenvalue weighted by atomic mass is 10.3. The number of nitrogens with zero attached hydrogens (tertiary/aromatic N) is 5. The van der Waals surface area contributed by atoms with Crippen LogP contribution in [-0.2, 0) is 4.74 Å². The summed E-state index contributed by atoms with van der Waals surface area (Å²) >= 11 is 6.01.